The van der Waals surface area contributed by atoms with Gasteiger partial charge in [0.15, 0.2) is 0 Å². The minimum atomic E-state index is -0.656. The van der Waals surface area contributed by atoms with Gasteiger partial charge < -0.3 is 10.4 Å². The number of aryl methyl sites for hydroxylation is 1. The van der Waals surface area contributed by atoms with Crippen LogP contribution in [-0.2, 0) is 4.79 Å². The highest BCUT2D eigenvalue weighted by Gasteiger charge is 2.30. The average Bonchev–Trinajstić information content (AvgIpc) is 2.50. The Bertz CT molecular complexity index is 442. The Labute approximate surface area is 86.1 Å². The molecule has 0 spiro atoms. The predicted octanol–water partition coefficient (Wildman–Crippen LogP) is 0.581. The summed E-state index contributed by atoms with van der Waals surface area (Å²) in [6.07, 6.45) is 0. The average molecular weight is 206 g/mol. The quantitative estimate of drug-likeness (QED) is 0.588. The lowest BCUT2D eigenvalue weighted by Crippen LogP contribution is -2.22. The smallest absolute Gasteiger partial charge is 0.322 e. The number of urea groups is 1. The summed E-state index contributed by atoms with van der Waals surface area (Å²) < 4.78 is 0. The van der Waals surface area contributed by atoms with Crippen LogP contribution in [0.1, 0.15) is 17.2 Å². The zero-order chi connectivity index (χ0) is 11.0. The maximum atomic E-state index is 11.3. The van der Waals surface area contributed by atoms with E-state index in [1.54, 1.807) is 19.1 Å². The normalized spacial score (nSPS) is 19.9. The van der Waals surface area contributed by atoms with Crippen molar-refractivity contribution in [2.45, 2.75) is 13.0 Å². The maximum absolute atomic E-state index is 11.3. The van der Waals surface area contributed by atoms with E-state index in [2.05, 4.69) is 10.6 Å². The minimum Gasteiger partial charge on any atom is -0.508 e. The van der Waals surface area contributed by atoms with Gasteiger partial charge in [0.1, 0.15) is 11.8 Å². The van der Waals surface area contributed by atoms with E-state index in [0.717, 1.165) is 0 Å². The first-order chi connectivity index (χ1) is 7.08. The molecular weight excluding hydrogens is 196 g/mol. The molecule has 0 aromatic heterocycles. The van der Waals surface area contributed by atoms with Gasteiger partial charge in [-0.15, -0.1) is 0 Å². The van der Waals surface area contributed by atoms with Crippen LogP contribution >= 0.6 is 0 Å². The molecule has 0 aliphatic carbocycles. The molecule has 1 aliphatic heterocycles. The molecule has 78 valence electrons. The second-order valence-corrected chi connectivity index (χ2v) is 3.44. The topological polar surface area (TPSA) is 78.4 Å². The largest absolute Gasteiger partial charge is 0.508 e. The number of phenols is 1. The lowest BCUT2D eigenvalue weighted by atomic mass is 10.0. The first kappa shape index (κ1) is 9.51. The third-order valence-electron chi connectivity index (χ3n) is 2.33. The van der Waals surface area contributed by atoms with Crippen molar-refractivity contribution in [3.05, 3.63) is 29.3 Å². The van der Waals surface area contributed by atoms with E-state index in [1.165, 1.54) is 6.07 Å². The molecule has 5 nitrogen and oxygen atoms in total. The number of carbonyl (C=O) groups is 2. The van der Waals surface area contributed by atoms with Crippen molar-refractivity contribution in [2.24, 2.45) is 0 Å². The number of benzene rings is 1. The monoisotopic (exact) mass is 206 g/mol. The van der Waals surface area contributed by atoms with Crippen molar-refractivity contribution in [1.82, 2.24) is 10.6 Å². The Morgan fingerprint density at radius 3 is 2.60 bits per heavy atom. The molecule has 1 atom stereocenters. The molecule has 0 saturated carbocycles. The first-order valence-electron chi connectivity index (χ1n) is 4.49. The van der Waals surface area contributed by atoms with Gasteiger partial charge in [-0.3, -0.25) is 10.1 Å². The SMILES string of the molecule is Cc1cc(C2NC(=O)NC2=O)ccc1O. The van der Waals surface area contributed by atoms with Crippen LogP contribution in [0.3, 0.4) is 0 Å². The van der Waals surface area contributed by atoms with Crippen molar-refractivity contribution in [2.75, 3.05) is 0 Å². The van der Waals surface area contributed by atoms with Crippen molar-refractivity contribution in [3.63, 3.8) is 0 Å². The molecule has 1 aromatic carbocycles. The highest BCUT2D eigenvalue weighted by Crippen LogP contribution is 2.23. The van der Waals surface area contributed by atoms with Gasteiger partial charge in [-0.25, -0.2) is 4.79 Å². The summed E-state index contributed by atoms with van der Waals surface area (Å²) in [5, 5.41) is 13.9. The molecule has 3 N–H and O–H groups in total. The summed E-state index contributed by atoms with van der Waals surface area (Å²) in [6, 6.07) is 3.64. The number of carbonyl (C=O) groups excluding carboxylic acids is 2. The molecule has 1 fully saturated rings. The summed E-state index contributed by atoms with van der Waals surface area (Å²) in [5.41, 5.74) is 1.33. The fourth-order valence-corrected chi connectivity index (χ4v) is 1.51. The third kappa shape index (κ3) is 1.63. The van der Waals surface area contributed by atoms with Crippen LogP contribution in [0.15, 0.2) is 18.2 Å². The van der Waals surface area contributed by atoms with Gasteiger partial charge in [0.05, 0.1) is 0 Å². The zero-order valence-corrected chi connectivity index (χ0v) is 8.07. The van der Waals surface area contributed by atoms with Gasteiger partial charge in [-0.2, -0.15) is 0 Å². The van der Waals surface area contributed by atoms with E-state index in [9.17, 15) is 14.7 Å². The molecule has 0 bridgehead atoms. The van der Waals surface area contributed by atoms with Crippen LogP contribution in [0, 0.1) is 6.92 Å². The number of amides is 3. The Morgan fingerprint density at radius 1 is 1.33 bits per heavy atom. The number of nitrogens with one attached hydrogen (secondary N) is 2. The van der Waals surface area contributed by atoms with Gasteiger partial charge in [-0.05, 0) is 30.2 Å². The Kier molecular flexibility index (Phi) is 2.07. The summed E-state index contributed by atoms with van der Waals surface area (Å²) in [5.74, 6) is -0.200. The van der Waals surface area contributed by atoms with E-state index in [4.69, 9.17) is 0 Å². The highest BCUT2D eigenvalue weighted by atomic mass is 16.3. The summed E-state index contributed by atoms with van der Waals surface area (Å²) in [4.78, 5) is 22.2. The number of rotatable bonds is 1. The molecule has 3 amide bonds. The molecule has 1 aromatic rings. The number of phenolic OH excluding ortho intramolecular Hbond substituents is 1. The summed E-state index contributed by atoms with van der Waals surface area (Å²) in [6.45, 7) is 1.73. The van der Waals surface area contributed by atoms with E-state index in [-0.39, 0.29) is 11.7 Å². The molecule has 1 saturated heterocycles. The standard InChI is InChI=1S/C10H10N2O3/c1-5-4-6(2-3-7(5)13)8-9(14)12-10(15)11-8/h2-4,8,13H,1H3,(H2,11,12,14,15). The Hall–Kier alpha value is -2.04. The molecule has 5 heteroatoms. The van der Waals surface area contributed by atoms with E-state index < -0.39 is 12.1 Å². The van der Waals surface area contributed by atoms with Gasteiger partial charge in [0, 0.05) is 0 Å². The van der Waals surface area contributed by atoms with E-state index >= 15 is 0 Å². The third-order valence-corrected chi connectivity index (χ3v) is 2.33. The van der Waals surface area contributed by atoms with Gasteiger partial charge in [0.2, 0.25) is 0 Å². The lowest BCUT2D eigenvalue weighted by molar-refractivity contribution is -0.120. The molecule has 1 unspecified atom stereocenters. The van der Waals surface area contributed by atoms with Crippen LogP contribution in [0.2, 0.25) is 0 Å². The number of hydrogen-bond acceptors (Lipinski definition) is 3. The lowest BCUT2D eigenvalue weighted by Gasteiger charge is -2.08. The van der Waals surface area contributed by atoms with E-state index in [1.807, 2.05) is 0 Å². The van der Waals surface area contributed by atoms with E-state index in [0.29, 0.717) is 11.1 Å². The summed E-state index contributed by atoms with van der Waals surface area (Å²) in [7, 11) is 0. The second kappa shape index (κ2) is 3.27. The van der Waals surface area contributed by atoms with Crippen LogP contribution in [0.25, 0.3) is 0 Å². The van der Waals surface area contributed by atoms with Gasteiger partial charge in [-0.1, -0.05) is 6.07 Å². The van der Waals surface area contributed by atoms with Crippen molar-refractivity contribution in [3.8, 4) is 5.75 Å². The predicted molar refractivity (Wildman–Crippen MR) is 52.3 cm³/mol. The molecule has 1 aliphatic rings. The van der Waals surface area contributed by atoms with Crippen molar-refractivity contribution in [1.29, 1.82) is 0 Å². The minimum absolute atomic E-state index is 0.170. The number of aromatic hydroxyl groups is 1. The fraction of sp³-hybridized carbons (Fsp3) is 0.200. The van der Waals surface area contributed by atoms with Crippen LogP contribution in [0.5, 0.6) is 5.75 Å². The number of hydrogen-bond donors (Lipinski definition) is 3. The van der Waals surface area contributed by atoms with Crippen molar-refractivity contribution < 1.29 is 14.7 Å². The van der Waals surface area contributed by atoms with Crippen molar-refractivity contribution >= 4 is 11.9 Å². The molecule has 1 heterocycles. The Balaban J connectivity index is 2.34. The molecule has 15 heavy (non-hydrogen) atoms. The number of imide groups is 1. The first-order valence-corrected chi connectivity index (χ1v) is 4.49. The van der Waals surface area contributed by atoms with Crippen LogP contribution < -0.4 is 10.6 Å². The fourth-order valence-electron chi connectivity index (χ4n) is 1.51. The molecular formula is C10H10N2O3. The maximum Gasteiger partial charge on any atom is 0.322 e. The summed E-state index contributed by atoms with van der Waals surface area (Å²) >= 11 is 0. The second-order valence-electron chi connectivity index (χ2n) is 3.44. The van der Waals surface area contributed by atoms with Gasteiger partial charge in [0.25, 0.3) is 5.91 Å². The molecule has 2 rings (SSSR count). The molecule has 0 radical (unpaired) electrons. The van der Waals surface area contributed by atoms with Gasteiger partial charge >= 0.3 is 6.03 Å². The van der Waals surface area contributed by atoms with Crippen LogP contribution in [-0.4, -0.2) is 17.0 Å². The Morgan fingerprint density at radius 2 is 2.07 bits per heavy atom. The highest BCUT2D eigenvalue weighted by molar-refractivity contribution is 6.04. The van der Waals surface area contributed by atoms with Crippen LogP contribution in [0.4, 0.5) is 4.79 Å². The zero-order valence-electron chi connectivity index (χ0n) is 8.07.